The first-order valence-corrected chi connectivity index (χ1v) is 6.03. The van der Waals surface area contributed by atoms with Crippen molar-refractivity contribution < 1.29 is 0 Å². The maximum Gasteiger partial charge on any atom is 0.210 e. The number of rotatable bonds is 2. The molecular weight excluding hydrogens is 282 g/mol. The minimum Gasteiger partial charge on any atom is -0.324 e. The predicted molar refractivity (Wildman–Crippen MR) is 75.0 cm³/mol. The number of nitrogens with zero attached hydrogens (tertiary/aromatic N) is 1. The third kappa shape index (κ3) is 4.24. The molecule has 0 aliphatic heterocycles. The molecule has 0 unspecified atom stereocenters. The number of hydrazine groups is 1. The summed E-state index contributed by atoms with van der Waals surface area (Å²) >= 11 is 17.7. The van der Waals surface area contributed by atoms with Crippen LogP contribution in [0, 0.1) is 0 Å². The first-order valence-electron chi connectivity index (χ1n) is 4.90. The fourth-order valence-corrected chi connectivity index (χ4v) is 1.70. The Balaban J connectivity index is 2.98. The normalized spacial score (nSPS) is 11.8. The molecule has 0 fully saturated rings. The van der Waals surface area contributed by atoms with E-state index in [0.717, 1.165) is 0 Å². The number of anilines is 1. The van der Waals surface area contributed by atoms with Gasteiger partial charge in [0.25, 0.3) is 0 Å². The average molecular weight is 296 g/mol. The summed E-state index contributed by atoms with van der Waals surface area (Å²) in [6, 6.07) is 3.26. The van der Waals surface area contributed by atoms with Crippen LogP contribution in [0.5, 0.6) is 0 Å². The van der Waals surface area contributed by atoms with E-state index in [1.54, 1.807) is 12.1 Å². The lowest BCUT2D eigenvalue weighted by Crippen LogP contribution is -2.37. The number of hydrogen-bond donors (Lipinski definition) is 3. The molecule has 0 aliphatic rings. The smallest absolute Gasteiger partial charge is 0.210 e. The summed E-state index contributed by atoms with van der Waals surface area (Å²) in [7, 11) is 0. The van der Waals surface area contributed by atoms with E-state index < -0.39 is 0 Å². The highest BCUT2D eigenvalue weighted by Gasteiger charge is 2.08. The van der Waals surface area contributed by atoms with Crippen molar-refractivity contribution in [3.63, 3.8) is 0 Å². The van der Waals surface area contributed by atoms with Crippen molar-refractivity contribution in [2.24, 2.45) is 10.8 Å². The molecule has 0 radical (unpaired) electrons. The Morgan fingerprint density at radius 2 is 1.76 bits per heavy atom. The van der Waals surface area contributed by atoms with E-state index in [1.807, 2.05) is 13.8 Å². The third-order valence-electron chi connectivity index (χ3n) is 1.79. The van der Waals surface area contributed by atoms with Crippen LogP contribution in [0.2, 0.25) is 15.1 Å². The van der Waals surface area contributed by atoms with Crippen LogP contribution in [0.1, 0.15) is 13.8 Å². The Morgan fingerprint density at radius 3 is 2.29 bits per heavy atom. The molecule has 0 heterocycles. The van der Waals surface area contributed by atoms with Gasteiger partial charge in [0.05, 0.1) is 20.8 Å². The van der Waals surface area contributed by atoms with Crippen LogP contribution in [0.3, 0.4) is 0 Å². The molecule has 0 spiro atoms. The van der Waals surface area contributed by atoms with E-state index in [0.29, 0.717) is 26.7 Å². The van der Waals surface area contributed by atoms with Gasteiger partial charge in [0, 0.05) is 6.04 Å². The predicted octanol–water partition coefficient (Wildman–Crippen LogP) is 3.29. The maximum absolute atomic E-state index is 6.01. The number of nitrogens with one attached hydrogen (secondary N) is 2. The van der Waals surface area contributed by atoms with E-state index in [1.165, 1.54) is 0 Å². The number of halogens is 3. The minimum atomic E-state index is 0.0927. The topological polar surface area (TPSA) is 62.4 Å². The summed E-state index contributed by atoms with van der Waals surface area (Å²) in [5.41, 5.74) is 3.03. The molecule has 0 aromatic heterocycles. The van der Waals surface area contributed by atoms with E-state index in [4.69, 9.17) is 40.6 Å². The molecule has 0 saturated carbocycles. The Kier molecular flexibility index (Phi) is 5.33. The number of benzene rings is 1. The summed E-state index contributed by atoms with van der Waals surface area (Å²) < 4.78 is 0. The molecule has 1 aromatic rings. The summed E-state index contributed by atoms with van der Waals surface area (Å²) in [6.45, 7) is 3.85. The summed E-state index contributed by atoms with van der Waals surface area (Å²) in [5.74, 6) is 5.74. The summed E-state index contributed by atoms with van der Waals surface area (Å²) in [5, 5.41) is 4.17. The van der Waals surface area contributed by atoms with Gasteiger partial charge in [-0.25, -0.2) is 10.8 Å². The highest BCUT2D eigenvalue weighted by molar-refractivity contribution is 6.44. The Hall–Kier alpha value is -0.680. The van der Waals surface area contributed by atoms with Crippen LogP contribution in [-0.4, -0.2) is 12.0 Å². The third-order valence-corrected chi connectivity index (χ3v) is 2.82. The van der Waals surface area contributed by atoms with Crippen molar-refractivity contribution in [1.29, 1.82) is 0 Å². The van der Waals surface area contributed by atoms with Crippen LogP contribution in [0.25, 0.3) is 0 Å². The van der Waals surface area contributed by atoms with Crippen LogP contribution in [0.15, 0.2) is 17.1 Å². The summed E-state index contributed by atoms with van der Waals surface area (Å²) in [6.07, 6.45) is 0. The fraction of sp³-hybridized carbons (Fsp3) is 0.300. The zero-order chi connectivity index (χ0) is 13.0. The lowest BCUT2D eigenvalue weighted by Gasteiger charge is -2.12. The largest absolute Gasteiger partial charge is 0.324 e. The van der Waals surface area contributed by atoms with E-state index >= 15 is 0 Å². The van der Waals surface area contributed by atoms with Crippen LogP contribution in [-0.2, 0) is 0 Å². The maximum atomic E-state index is 6.01. The van der Waals surface area contributed by atoms with Gasteiger partial charge in [-0.05, 0) is 26.0 Å². The Labute approximate surface area is 115 Å². The molecule has 1 aromatic carbocycles. The molecular formula is C10H13Cl3N4. The number of guanidine groups is 1. The van der Waals surface area contributed by atoms with Gasteiger partial charge in [-0.15, -0.1) is 0 Å². The first-order chi connectivity index (χ1) is 7.93. The molecule has 4 nitrogen and oxygen atoms in total. The quantitative estimate of drug-likeness (QED) is 0.258. The second kappa shape index (κ2) is 6.31. The Morgan fingerprint density at radius 1 is 1.18 bits per heavy atom. The van der Waals surface area contributed by atoms with Crippen molar-refractivity contribution in [2.45, 2.75) is 19.9 Å². The molecule has 1 rings (SSSR count). The SMILES string of the molecule is CC(C)N=C(NN)Nc1cc(Cl)c(Cl)cc1Cl. The molecule has 94 valence electrons. The van der Waals surface area contributed by atoms with Crippen molar-refractivity contribution in [2.75, 3.05) is 5.32 Å². The molecule has 7 heteroatoms. The molecule has 17 heavy (non-hydrogen) atoms. The van der Waals surface area contributed by atoms with Crippen molar-refractivity contribution in [3.05, 3.63) is 27.2 Å². The lowest BCUT2D eigenvalue weighted by atomic mass is 10.3. The number of nitrogens with two attached hydrogens (primary N) is 1. The van der Waals surface area contributed by atoms with Crippen molar-refractivity contribution in [3.8, 4) is 0 Å². The van der Waals surface area contributed by atoms with Crippen LogP contribution in [0.4, 0.5) is 5.69 Å². The van der Waals surface area contributed by atoms with Crippen molar-refractivity contribution >= 4 is 46.4 Å². The standard InChI is InChI=1S/C10H13Cl3N4/c1-5(2)15-10(17-14)16-9-4-7(12)6(11)3-8(9)13/h3-5H,14H2,1-2H3,(H2,15,16,17). The second-order valence-corrected chi connectivity index (χ2v) is 4.81. The van der Waals surface area contributed by atoms with Gasteiger partial charge in [-0.3, -0.25) is 5.43 Å². The molecule has 0 amide bonds. The average Bonchev–Trinajstić information content (AvgIpc) is 2.24. The van der Waals surface area contributed by atoms with Gasteiger partial charge < -0.3 is 5.32 Å². The zero-order valence-electron chi connectivity index (χ0n) is 9.39. The van der Waals surface area contributed by atoms with Gasteiger partial charge in [0.2, 0.25) is 5.96 Å². The highest BCUT2D eigenvalue weighted by atomic mass is 35.5. The lowest BCUT2D eigenvalue weighted by molar-refractivity contribution is 0.819. The van der Waals surface area contributed by atoms with Gasteiger partial charge in [0.1, 0.15) is 0 Å². The number of hydrogen-bond acceptors (Lipinski definition) is 2. The molecule has 4 N–H and O–H groups in total. The van der Waals surface area contributed by atoms with Crippen LogP contribution < -0.4 is 16.6 Å². The van der Waals surface area contributed by atoms with Gasteiger partial charge in [0.15, 0.2) is 0 Å². The number of aliphatic imine (C=N–C) groups is 1. The molecule has 0 bridgehead atoms. The van der Waals surface area contributed by atoms with Crippen molar-refractivity contribution in [1.82, 2.24) is 5.43 Å². The summed E-state index contributed by atoms with van der Waals surface area (Å²) in [4.78, 5) is 4.22. The van der Waals surface area contributed by atoms with Gasteiger partial charge in [-0.1, -0.05) is 34.8 Å². The highest BCUT2D eigenvalue weighted by Crippen LogP contribution is 2.32. The monoisotopic (exact) mass is 294 g/mol. The van der Waals surface area contributed by atoms with E-state index in [-0.39, 0.29) is 6.04 Å². The second-order valence-electron chi connectivity index (χ2n) is 3.59. The molecule has 0 saturated heterocycles. The van der Waals surface area contributed by atoms with Crippen LogP contribution >= 0.6 is 34.8 Å². The van der Waals surface area contributed by atoms with E-state index in [2.05, 4.69) is 15.7 Å². The zero-order valence-corrected chi connectivity index (χ0v) is 11.7. The fourth-order valence-electron chi connectivity index (χ4n) is 1.11. The van der Waals surface area contributed by atoms with E-state index in [9.17, 15) is 0 Å². The van der Waals surface area contributed by atoms with Gasteiger partial charge >= 0.3 is 0 Å². The molecule has 0 aliphatic carbocycles. The van der Waals surface area contributed by atoms with Gasteiger partial charge in [-0.2, -0.15) is 0 Å². The minimum absolute atomic E-state index is 0.0927. The molecule has 0 atom stereocenters. The first kappa shape index (κ1) is 14.4. The Bertz CT molecular complexity index is 432.